The van der Waals surface area contributed by atoms with E-state index < -0.39 is 11.7 Å². The molecule has 1 aromatic carbocycles. The van der Waals surface area contributed by atoms with Crippen molar-refractivity contribution >= 4 is 38.0 Å². The maximum absolute atomic E-state index is 14.5. The van der Waals surface area contributed by atoms with Gasteiger partial charge in [0.2, 0.25) is 0 Å². The van der Waals surface area contributed by atoms with Crippen LogP contribution in [0.2, 0.25) is 0 Å². The van der Waals surface area contributed by atoms with Gasteiger partial charge in [0.05, 0.1) is 5.69 Å². The highest BCUT2D eigenvalue weighted by Crippen LogP contribution is 2.35. The lowest BCUT2D eigenvalue weighted by atomic mass is 10.1. The monoisotopic (exact) mass is 431 g/mol. The van der Waals surface area contributed by atoms with Crippen LogP contribution < -0.4 is 0 Å². The van der Waals surface area contributed by atoms with Crippen molar-refractivity contribution in [2.24, 2.45) is 0 Å². The van der Waals surface area contributed by atoms with Crippen molar-refractivity contribution in [3.05, 3.63) is 44.7 Å². The van der Waals surface area contributed by atoms with E-state index in [1.165, 1.54) is 4.57 Å². The van der Waals surface area contributed by atoms with Crippen LogP contribution in [0.4, 0.5) is 9.18 Å². The molecule has 0 amide bonds. The third kappa shape index (κ3) is 3.60. The smallest absolute Gasteiger partial charge is 0.419 e. The number of nitrogens with zero attached hydrogens (tertiary/aromatic N) is 1. The molecule has 1 aromatic heterocycles. The summed E-state index contributed by atoms with van der Waals surface area (Å²) in [5.41, 5.74) is 0.630. The van der Waals surface area contributed by atoms with Gasteiger partial charge in [0, 0.05) is 20.7 Å². The van der Waals surface area contributed by atoms with Crippen LogP contribution in [0.5, 0.6) is 0 Å². The van der Waals surface area contributed by atoms with E-state index in [1.54, 1.807) is 52.1 Å². The molecular formula is C16H16Br2FNO2. The van der Waals surface area contributed by atoms with E-state index in [4.69, 9.17) is 4.74 Å². The van der Waals surface area contributed by atoms with Crippen LogP contribution in [0.3, 0.4) is 0 Å². The Labute approximate surface area is 145 Å². The molecule has 0 aliphatic carbocycles. The lowest BCUT2D eigenvalue weighted by Crippen LogP contribution is -2.27. The summed E-state index contributed by atoms with van der Waals surface area (Å²) < 4.78 is 22.4. The van der Waals surface area contributed by atoms with Crippen LogP contribution in [0.25, 0.3) is 11.3 Å². The van der Waals surface area contributed by atoms with Crippen LogP contribution in [-0.2, 0) is 4.74 Å². The molecule has 2 rings (SSSR count). The SMILES string of the molecule is Cc1ccc(Br)c(-c2cc(Br)cn2C(=O)OC(C)(C)C)c1F. The topological polar surface area (TPSA) is 31.2 Å². The highest BCUT2D eigenvalue weighted by atomic mass is 79.9. The predicted octanol–water partition coefficient (Wildman–Crippen LogP) is 5.91. The van der Waals surface area contributed by atoms with Crippen LogP contribution in [0, 0.1) is 12.7 Å². The summed E-state index contributed by atoms with van der Waals surface area (Å²) in [5, 5.41) is 0. The van der Waals surface area contributed by atoms with E-state index in [-0.39, 0.29) is 5.82 Å². The highest BCUT2D eigenvalue weighted by Gasteiger charge is 2.23. The molecule has 0 fully saturated rings. The maximum atomic E-state index is 14.5. The molecule has 0 bridgehead atoms. The molecule has 0 aliphatic heterocycles. The van der Waals surface area contributed by atoms with Gasteiger partial charge >= 0.3 is 6.09 Å². The molecule has 0 aliphatic rings. The number of carbonyl (C=O) groups is 1. The van der Waals surface area contributed by atoms with E-state index >= 15 is 0 Å². The number of benzene rings is 1. The molecule has 0 N–H and O–H groups in total. The molecule has 0 radical (unpaired) electrons. The minimum Gasteiger partial charge on any atom is -0.443 e. The number of aromatic nitrogens is 1. The second kappa shape index (κ2) is 6.16. The summed E-state index contributed by atoms with van der Waals surface area (Å²) in [5.74, 6) is -0.371. The molecular weight excluding hydrogens is 417 g/mol. The molecule has 118 valence electrons. The quantitative estimate of drug-likeness (QED) is 0.560. The van der Waals surface area contributed by atoms with Crippen LogP contribution >= 0.6 is 31.9 Å². The van der Waals surface area contributed by atoms with Gasteiger partial charge in [0.25, 0.3) is 0 Å². The Kier molecular flexibility index (Phi) is 4.82. The van der Waals surface area contributed by atoms with E-state index in [9.17, 15) is 9.18 Å². The summed E-state index contributed by atoms with van der Waals surface area (Å²) in [6, 6.07) is 5.12. The van der Waals surface area contributed by atoms with Gasteiger partial charge in [-0.1, -0.05) is 6.07 Å². The van der Waals surface area contributed by atoms with Crippen molar-refractivity contribution in [3.8, 4) is 11.3 Å². The lowest BCUT2D eigenvalue weighted by Gasteiger charge is -2.20. The number of hydrogen-bond donors (Lipinski definition) is 0. The van der Waals surface area contributed by atoms with Crippen molar-refractivity contribution in [3.63, 3.8) is 0 Å². The molecule has 22 heavy (non-hydrogen) atoms. The predicted molar refractivity (Wildman–Crippen MR) is 91.6 cm³/mol. The van der Waals surface area contributed by atoms with E-state index in [2.05, 4.69) is 31.9 Å². The van der Waals surface area contributed by atoms with Gasteiger partial charge in [-0.3, -0.25) is 4.57 Å². The molecule has 0 unspecified atom stereocenters. The summed E-state index contributed by atoms with van der Waals surface area (Å²) in [6.07, 6.45) is 1.01. The minimum absolute atomic E-state index is 0.330. The standard InChI is InChI=1S/C16H16Br2FNO2/c1-9-5-6-11(18)13(14(9)19)12-7-10(17)8-20(12)15(21)22-16(2,3)4/h5-8H,1-4H3. The van der Waals surface area contributed by atoms with E-state index in [0.29, 0.717) is 25.8 Å². The average Bonchev–Trinajstić information content (AvgIpc) is 2.74. The molecule has 0 saturated heterocycles. The Morgan fingerprint density at radius 1 is 1.27 bits per heavy atom. The maximum Gasteiger partial charge on any atom is 0.419 e. The summed E-state index contributed by atoms with van der Waals surface area (Å²) in [6.45, 7) is 7.03. The Hall–Kier alpha value is -1.14. The van der Waals surface area contributed by atoms with Crippen LogP contribution in [-0.4, -0.2) is 16.3 Å². The zero-order valence-electron chi connectivity index (χ0n) is 12.7. The fourth-order valence-corrected chi connectivity index (χ4v) is 2.91. The van der Waals surface area contributed by atoms with Gasteiger partial charge in [-0.2, -0.15) is 0 Å². The van der Waals surface area contributed by atoms with E-state index in [1.807, 2.05) is 0 Å². The van der Waals surface area contributed by atoms with Crippen molar-refractivity contribution in [2.45, 2.75) is 33.3 Å². The molecule has 0 spiro atoms. The van der Waals surface area contributed by atoms with Gasteiger partial charge in [-0.15, -0.1) is 0 Å². The molecule has 1 heterocycles. The second-order valence-electron chi connectivity index (χ2n) is 5.95. The van der Waals surface area contributed by atoms with Crippen molar-refractivity contribution in [2.75, 3.05) is 0 Å². The Bertz CT molecular complexity index is 732. The van der Waals surface area contributed by atoms with Gasteiger partial charge in [-0.25, -0.2) is 9.18 Å². The van der Waals surface area contributed by atoms with Gasteiger partial charge in [0.1, 0.15) is 11.4 Å². The number of rotatable bonds is 1. The minimum atomic E-state index is -0.631. The van der Waals surface area contributed by atoms with Crippen LogP contribution in [0.15, 0.2) is 33.3 Å². The number of halogens is 3. The zero-order chi connectivity index (χ0) is 16.7. The number of ether oxygens (including phenoxy) is 1. The first kappa shape index (κ1) is 17.2. The van der Waals surface area contributed by atoms with Crippen molar-refractivity contribution in [1.82, 2.24) is 4.57 Å². The summed E-state index contributed by atoms with van der Waals surface area (Å²) in [7, 11) is 0. The summed E-state index contributed by atoms with van der Waals surface area (Å²) >= 11 is 6.68. The lowest BCUT2D eigenvalue weighted by molar-refractivity contribution is 0.0540. The molecule has 3 nitrogen and oxygen atoms in total. The Morgan fingerprint density at radius 2 is 1.91 bits per heavy atom. The zero-order valence-corrected chi connectivity index (χ0v) is 15.9. The van der Waals surface area contributed by atoms with Crippen molar-refractivity contribution in [1.29, 1.82) is 0 Å². The third-order valence-corrected chi connectivity index (χ3v) is 4.01. The first-order valence-electron chi connectivity index (χ1n) is 6.66. The molecule has 0 saturated carbocycles. The number of aryl methyl sites for hydroxylation is 1. The number of carbonyl (C=O) groups excluding carboxylic acids is 1. The van der Waals surface area contributed by atoms with Gasteiger partial charge in [-0.05, 0) is 77.3 Å². The first-order chi connectivity index (χ1) is 10.1. The largest absolute Gasteiger partial charge is 0.443 e. The second-order valence-corrected chi connectivity index (χ2v) is 7.72. The number of hydrogen-bond acceptors (Lipinski definition) is 2. The molecule has 6 heteroatoms. The van der Waals surface area contributed by atoms with Crippen LogP contribution in [0.1, 0.15) is 26.3 Å². The first-order valence-corrected chi connectivity index (χ1v) is 8.25. The normalized spacial score (nSPS) is 11.6. The van der Waals surface area contributed by atoms with Crippen molar-refractivity contribution < 1.29 is 13.9 Å². The molecule has 2 aromatic rings. The highest BCUT2D eigenvalue weighted by molar-refractivity contribution is 9.10. The summed E-state index contributed by atoms with van der Waals surface area (Å²) in [4.78, 5) is 12.4. The fraction of sp³-hybridized carbons (Fsp3) is 0.312. The Morgan fingerprint density at radius 3 is 2.50 bits per heavy atom. The van der Waals surface area contributed by atoms with Gasteiger partial charge in [0.15, 0.2) is 0 Å². The third-order valence-electron chi connectivity index (χ3n) is 2.92. The molecule has 0 atom stereocenters. The van der Waals surface area contributed by atoms with E-state index in [0.717, 1.165) is 0 Å². The Balaban J connectivity index is 2.59. The average molecular weight is 433 g/mol. The van der Waals surface area contributed by atoms with Gasteiger partial charge < -0.3 is 4.74 Å². The fourth-order valence-electron chi connectivity index (χ4n) is 1.98.